The van der Waals surface area contributed by atoms with Crippen LogP contribution in [0.4, 0.5) is 10.1 Å². The van der Waals surface area contributed by atoms with Crippen LogP contribution in [0.3, 0.4) is 0 Å². The summed E-state index contributed by atoms with van der Waals surface area (Å²) >= 11 is 6.05. The van der Waals surface area contributed by atoms with Gasteiger partial charge in [0.1, 0.15) is 11.6 Å². The molecule has 0 saturated heterocycles. The van der Waals surface area contributed by atoms with Gasteiger partial charge in [0.05, 0.1) is 36.4 Å². The Morgan fingerprint density at radius 1 is 1.16 bits per heavy atom. The summed E-state index contributed by atoms with van der Waals surface area (Å²) in [5.74, 6) is -0.393. The highest BCUT2D eigenvalue weighted by Gasteiger charge is 2.22. The van der Waals surface area contributed by atoms with E-state index in [0.717, 1.165) is 0 Å². The largest absolute Gasteiger partial charge is 0.495 e. The van der Waals surface area contributed by atoms with E-state index in [-0.39, 0.29) is 18.1 Å². The molecule has 0 unspecified atom stereocenters. The van der Waals surface area contributed by atoms with Gasteiger partial charge in [-0.3, -0.25) is 4.79 Å². The second-order valence-electron chi connectivity index (χ2n) is 6.93. The maximum atomic E-state index is 13.4. The average Bonchev–Trinajstić information content (AvgIpc) is 3.14. The zero-order valence-corrected chi connectivity index (χ0v) is 18.3. The van der Waals surface area contributed by atoms with E-state index in [1.807, 2.05) is 0 Å². The second-order valence-corrected chi connectivity index (χ2v) is 7.37. The van der Waals surface area contributed by atoms with E-state index in [2.05, 4.69) is 20.6 Å². The molecule has 164 valence electrons. The summed E-state index contributed by atoms with van der Waals surface area (Å²) in [7, 11) is 3.04. The van der Waals surface area contributed by atoms with Crippen LogP contribution in [-0.4, -0.2) is 39.9 Å². The topological polar surface area (TPSA) is 90.6 Å². The number of nitrogens with zero attached hydrogens (tertiary/aromatic N) is 4. The van der Waals surface area contributed by atoms with Crippen LogP contribution in [0.15, 0.2) is 42.5 Å². The average molecular weight is 456 g/mol. The number of carbonyl (C=O) groups is 1. The standard InChI is InChI=1S/C22H19ClFN5O3/c1-12-20(22(30)25-16-10-14(23)6-9-18(16)32-3)26-27-21-19(13-4-7-15(24)8-5-13)17(11-31-2)28-29(12)21/h4-10H,11H2,1-3H3,(H,25,30). The lowest BCUT2D eigenvalue weighted by Crippen LogP contribution is -2.19. The van der Waals surface area contributed by atoms with Gasteiger partial charge in [-0.25, -0.2) is 8.91 Å². The first-order chi connectivity index (χ1) is 15.4. The molecule has 0 saturated carbocycles. The zero-order valence-electron chi connectivity index (χ0n) is 17.5. The molecule has 0 fully saturated rings. The van der Waals surface area contributed by atoms with Crippen LogP contribution in [0.5, 0.6) is 5.75 Å². The quantitative estimate of drug-likeness (QED) is 0.466. The van der Waals surface area contributed by atoms with Crippen molar-refractivity contribution in [2.45, 2.75) is 13.5 Å². The molecule has 0 aliphatic heterocycles. The highest BCUT2D eigenvalue weighted by Crippen LogP contribution is 2.30. The van der Waals surface area contributed by atoms with E-state index in [4.69, 9.17) is 21.1 Å². The second kappa shape index (κ2) is 8.89. The minimum Gasteiger partial charge on any atom is -0.495 e. The Hall–Kier alpha value is -3.56. The molecule has 32 heavy (non-hydrogen) atoms. The Kier molecular flexibility index (Phi) is 6.02. The summed E-state index contributed by atoms with van der Waals surface area (Å²) in [5, 5.41) is 16.2. The first-order valence-corrected chi connectivity index (χ1v) is 9.95. The monoisotopic (exact) mass is 455 g/mol. The van der Waals surface area contributed by atoms with Gasteiger partial charge >= 0.3 is 0 Å². The molecule has 0 aliphatic rings. The van der Waals surface area contributed by atoms with Crippen LogP contribution in [-0.2, 0) is 11.3 Å². The van der Waals surface area contributed by atoms with Gasteiger partial charge in [0, 0.05) is 12.1 Å². The van der Waals surface area contributed by atoms with Crippen molar-refractivity contribution in [1.82, 2.24) is 19.8 Å². The summed E-state index contributed by atoms with van der Waals surface area (Å²) < 4.78 is 25.5. The van der Waals surface area contributed by atoms with Crippen molar-refractivity contribution in [1.29, 1.82) is 0 Å². The fourth-order valence-electron chi connectivity index (χ4n) is 3.37. The number of aromatic nitrogens is 4. The normalized spacial score (nSPS) is 11.0. The molecule has 4 aromatic rings. The number of halogens is 2. The summed E-state index contributed by atoms with van der Waals surface area (Å²) in [6.07, 6.45) is 0. The Balaban J connectivity index is 1.78. The van der Waals surface area contributed by atoms with Crippen molar-refractivity contribution in [3.8, 4) is 16.9 Å². The molecule has 4 rings (SSSR count). The number of rotatable bonds is 6. The van der Waals surface area contributed by atoms with Gasteiger partial charge in [-0.2, -0.15) is 5.10 Å². The predicted octanol–water partition coefficient (Wildman–Crippen LogP) is 4.30. The maximum Gasteiger partial charge on any atom is 0.278 e. The minimum atomic E-state index is -0.496. The molecule has 0 radical (unpaired) electrons. The van der Waals surface area contributed by atoms with Crippen LogP contribution in [0.1, 0.15) is 21.9 Å². The van der Waals surface area contributed by atoms with Gasteiger partial charge in [0.25, 0.3) is 5.91 Å². The van der Waals surface area contributed by atoms with E-state index in [1.54, 1.807) is 44.4 Å². The third kappa shape index (κ3) is 4.00. The van der Waals surface area contributed by atoms with E-state index >= 15 is 0 Å². The van der Waals surface area contributed by atoms with E-state index < -0.39 is 5.91 Å². The van der Waals surface area contributed by atoms with Crippen LogP contribution < -0.4 is 10.1 Å². The minimum absolute atomic E-state index is 0.0802. The first-order valence-electron chi connectivity index (χ1n) is 9.57. The number of amides is 1. The summed E-state index contributed by atoms with van der Waals surface area (Å²) in [6, 6.07) is 10.9. The Morgan fingerprint density at radius 3 is 2.59 bits per heavy atom. The highest BCUT2D eigenvalue weighted by atomic mass is 35.5. The first kappa shape index (κ1) is 21.7. The molecule has 0 aliphatic carbocycles. The predicted molar refractivity (Wildman–Crippen MR) is 118 cm³/mol. The van der Waals surface area contributed by atoms with Gasteiger partial charge in [-0.05, 0) is 42.8 Å². The smallest absolute Gasteiger partial charge is 0.278 e. The van der Waals surface area contributed by atoms with Gasteiger partial charge < -0.3 is 14.8 Å². The van der Waals surface area contributed by atoms with E-state index in [9.17, 15) is 9.18 Å². The summed E-state index contributed by atoms with van der Waals surface area (Å²) in [6.45, 7) is 1.92. The zero-order chi connectivity index (χ0) is 22.8. The van der Waals surface area contributed by atoms with Crippen molar-refractivity contribution in [3.63, 3.8) is 0 Å². The van der Waals surface area contributed by atoms with E-state index in [1.165, 1.54) is 23.8 Å². The van der Waals surface area contributed by atoms with Crippen LogP contribution in [0.2, 0.25) is 5.02 Å². The number of anilines is 1. The van der Waals surface area contributed by atoms with Crippen molar-refractivity contribution in [2.24, 2.45) is 0 Å². The molecular formula is C22H19ClFN5O3. The highest BCUT2D eigenvalue weighted by molar-refractivity contribution is 6.31. The molecule has 0 bridgehead atoms. The fraction of sp³-hybridized carbons (Fsp3) is 0.182. The van der Waals surface area contributed by atoms with Crippen molar-refractivity contribution >= 4 is 28.8 Å². The number of ether oxygens (including phenoxy) is 2. The number of fused-ring (bicyclic) bond motifs is 1. The fourth-order valence-corrected chi connectivity index (χ4v) is 3.54. The molecule has 8 nitrogen and oxygen atoms in total. The van der Waals surface area contributed by atoms with Crippen molar-refractivity contribution in [2.75, 3.05) is 19.5 Å². The SMILES string of the molecule is COCc1nn2c(C)c(C(=O)Nc3cc(Cl)ccc3OC)nnc2c1-c1ccc(F)cc1. The molecule has 2 aromatic heterocycles. The molecule has 10 heteroatoms. The third-order valence-electron chi connectivity index (χ3n) is 4.88. The number of hydrogen-bond donors (Lipinski definition) is 1. The van der Waals surface area contributed by atoms with Gasteiger partial charge in [0.2, 0.25) is 0 Å². The van der Waals surface area contributed by atoms with Crippen LogP contribution in [0, 0.1) is 12.7 Å². The number of benzene rings is 2. The third-order valence-corrected chi connectivity index (χ3v) is 5.11. The lowest BCUT2D eigenvalue weighted by Gasteiger charge is -2.11. The van der Waals surface area contributed by atoms with E-state index in [0.29, 0.717) is 44.6 Å². The number of nitrogens with one attached hydrogen (secondary N) is 1. The van der Waals surface area contributed by atoms with Crippen molar-refractivity contribution in [3.05, 3.63) is 70.4 Å². The van der Waals surface area contributed by atoms with Crippen LogP contribution >= 0.6 is 11.6 Å². The molecule has 1 amide bonds. The summed E-state index contributed by atoms with van der Waals surface area (Å²) in [5.41, 5.74) is 3.34. The lowest BCUT2D eigenvalue weighted by molar-refractivity contribution is 0.101. The van der Waals surface area contributed by atoms with Gasteiger partial charge in [-0.15, -0.1) is 10.2 Å². The van der Waals surface area contributed by atoms with Crippen LogP contribution in [0.25, 0.3) is 16.8 Å². The molecular weight excluding hydrogens is 437 g/mol. The lowest BCUT2D eigenvalue weighted by atomic mass is 10.1. The molecule has 0 spiro atoms. The van der Waals surface area contributed by atoms with Gasteiger partial charge in [-0.1, -0.05) is 23.7 Å². The molecule has 2 heterocycles. The summed E-state index contributed by atoms with van der Waals surface area (Å²) in [4.78, 5) is 13.0. The number of aryl methyl sites for hydroxylation is 1. The number of hydrogen-bond acceptors (Lipinski definition) is 6. The Labute approximate surface area is 187 Å². The maximum absolute atomic E-state index is 13.4. The Morgan fingerprint density at radius 2 is 1.91 bits per heavy atom. The Bertz CT molecular complexity index is 1310. The molecule has 1 N–H and O–H groups in total. The molecule has 2 aromatic carbocycles. The number of carbonyl (C=O) groups excluding carboxylic acids is 1. The van der Waals surface area contributed by atoms with Crippen molar-refractivity contribution < 1.29 is 18.7 Å². The number of methoxy groups -OCH3 is 2. The van der Waals surface area contributed by atoms with Gasteiger partial charge in [0.15, 0.2) is 11.3 Å². The molecule has 0 atom stereocenters.